The molecule has 0 saturated heterocycles. The van der Waals surface area contributed by atoms with E-state index in [0.29, 0.717) is 28.3 Å². The summed E-state index contributed by atoms with van der Waals surface area (Å²) in [7, 11) is 0. The molecule has 2 aromatic rings. The Balaban J connectivity index is 2.40. The maximum atomic E-state index is 11.6. The van der Waals surface area contributed by atoms with Gasteiger partial charge in [-0.05, 0) is 24.1 Å². The van der Waals surface area contributed by atoms with Gasteiger partial charge in [0.15, 0.2) is 5.43 Å². The highest BCUT2D eigenvalue weighted by Gasteiger charge is 2.18. The lowest BCUT2D eigenvalue weighted by atomic mass is 10.0. The Labute approximate surface area is 112 Å². The largest absolute Gasteiger partial charge is 0.464 e. The Kier molecular flexibility index (Phi) is 4.16. The van der Waals surface area contributed by atoms with Crippen LogP contribution in [-0.4, -0.2) is 21.6 Å². The van der Waals surface area contributed by atoms with Crippen molar-refractivity contribution in [1.82, 2.24) is 0 Å². The fourth-order valence-corrected chi connectivity index (χ4v) is 2.25. The molecule has 0 radical (unpaired) electrons. The molecule has 0 bridgehead atoms. The van der Waals surface area contributed by atoms with E-state index in [-0.39, 0.29) is 5.43 Å². The first-order valence-electron chi connectivity index (χ1n) is 5.57. The molecule has 2 N–H and O–H groups in total. The molecule has 5 heteroatoms. The summed E-state index contributed by atoms with van der Waals surface area (Å²) in [5.74, 6) is 0. The molecular weight excluding hydrogens is 300 g/mol. The minimum atomic E-state index is -1.01. The molecule has 2 atom stereocenters. The summed E-state index contributed by atoms with van der Waals surface area (Å²) >= 11 is 3.21. The van der Waals surface area contributed by atoms with Crippen LogP contribution in [0, 0.1) is 0 Å². The molecule has 0 aliphatic rings. The smallest absolute Gasteiger partial charge is 0.192 e. The van der Waals surface area contributed by atoms with E-state index in [9.17, 15) is 15.0 Å². The fourth-order valence-electron chi connectivity index (χ4n) is 1.78. The monoisotopic (exact) mass is 312 g/mol. The third kappa shape index (κ3) is 2.63. The van der Waals surface area contributed by atoms with Gasteiger partial charge >= 0.3 is 0 Å². The van der Waals surface area contributed by atoms with Crippen LogP contribution < -0.4 is 5.43 Å². The van der Waals surface area contributed by atoms with Crippen molar-refractivity contribution in [2.75, 3.05) is 5.33 Å². The molecule has 2 rings (SSSR count). The van der Waals surface area contributed by atoms with E-state index < -0.39 is 12.2 Å². The zero-order valence-electron chi connectivity index (χ0n) is 9.54. The van der Waals surface area contributed by atoms with Crippen LogP contribution >= 0.6 is 15.9 Å². The Hall–Kier alpha value is -1.17. The minimum Gasteiger partial charge on any atom is -0.464 e. The summed E-state index contributed by atoms with van der Waals surface area (Å²) in [6.45, 7) is 0. The van der Waals surface area contributed by atoms with E-state index in [4.69, 9.17) is 4.42 Å². The molecule has 1 heterocycles. The second-order valence-corrected chi connectivity index (χ2v) is 4.82. The van der Waals surface area contributed by atoms with Crippen molar-refractivity contribution >= 4 is 26.9 Å². The zero-order valence-corrected chi connectivity index (χ0v) is 11.1. The predicted octanol–water partition coefficient (Wildman–Crippen LogP) is 1.97. The molecular formula is C13H13BrO4. The number of hydrogen-bond acceptors (Lipinski definition) is 4. The van der Waals surface area contributed by atoms with Gasteiger partial charge in [0, 0.05) is 11.4 Å². The second-order valence-electron chi connectivity index (χ2n) is 4.03. The Morgan fingerprint density at radius 1 is 1.28 bits per heavy atom. The molecule has 2 unspecified atom stereocenters. The van der Waals surface area contributed by atoms with E-state index in [1.54, 1.807) is 18.2 Å². The van der Waals surface area contributed by atoms with E-state index in [1.807, 2.05) is 0 Å². The molecule has 0 aliphatic heterocycles. The van der Waals surface area contributed by atoms with Crippen molar-refractivity contribution in [2.24, 2.45) is 0 Å². The van der Waals surface area contributed by atoms with Crippen LogP contribution in [0.3, 0.4) is 0 Å². The SMILES string of the molecule is O=c1ccoc2ccc(C(O)C(O)CCBr)cc12. The topological polar surface area (TPSA) is 70.7 Å². The number of fused-ring (bicyclic) bond motifs is 1. The molecule has 0 fully saturated rings. The van der Waals surface area contributed by atoms with Crippen molar-refractivity contribution < 1.29 is 14.6 Å². The van der Waals surface area contributed by atoms with Gasteiger partial charge in [-0.15, -0.1) is 0 Å². The van der Waals surface area contributed by atoms with Gasteiger partial charge in [0.1, 0.15) is 11.7 Å². The van der Waals surface area contributed by atoms with Gasteiger partial charge in [-0.1, -0.05) is 22.0 Å². The molecule has 0 aliphatic carbocycles. The molecule has 4 nitrogen and oxygen atoms in total. The van der Waals surface area contributed by atoms with Crippen LogP contribution in [-0.2, 0) is 0 Å². The third-order valence-electron chi connectivity index (χ3n) is 2.79. The first-order chi connectivity index (χ1) is 8.63. The van der Waals surface area contributed by atoms with Crippen molar-refractivity contribution in [2.45, 2.75) is 18.6 Å². The molecule has 1 aromatic carbocycles. The molecule has 96 valence electrons. The van der Waals surface area contributed by atoms with Gasteiger partial charge in [-0.3, -0.25) is 4.79 Å². The number of alkyl halides is 1. The number of halogens is 1. The van der Waals surface area contributed by atoms with Gasteiger partial charge in [-0.2, -0.15) is 0 Å². The summed E-state index contributed by atoms with van der Waals surface area (Å²) in [6.07, 6.45) is -0.104. The first kappa shape index (κ1) is 13.3. The van der Waals surface area contributed by atoms with E-state index in [1.165, 1.54) is 12.3 Å². The predicted molar refractivity (Wildman–Crippen MR) is 71.9 cm³/mol. The number of benzene rings is 1. The molecule has 0 spiro atoms. The van der Waals surface area contributed by atoms with E-state index in [2.05, 4.69) is 15.9 Å². The summed E-state index contributed by atoms with van der Waals surface area (Å²) in [5, 5.41) is 20.7. The molecule has 0 saturated carbocycles. The summed E-state index contributed by atoms with van der Waals surface area (Å²) in [4.78, 5) is 11.6. The van der Waals surface area contributed by atoms with E-state index in [0.717, 1.165) is 0 Å². The normalized spacial score (nSPS) is 14.6. The summed E-state index contributed by atoms with van der Waals surface area (Å²) in [5.41, 5.74) is 0.808. The maximum Gasteiger partial charge on any atom is 0.192 e. The van der Waals surface area contributed by atoms with Crippen LogP contribution in [0.5, 0.6) is 0 Å². The Morgan fingerprint density at radius 3 is 2.78 bits per heavy atom. The lowest BCUT2D eigenvalue weighted by Crippen LogP contribution is -2.18. The first-order valence-corrected chi connectivity index (χ1v) is 6.69. The van der Waals surface area contributed by atoms with Crippen LogP contribution in [0.4, 0.5) is 0 Å². The van der Waals surface area contributed by atoms with Gasteiger partial charge in [0.25, 0.3) is 0 Å². The van der Waals surface area contributed by atoms with Crippen molar-refractivity contribution in [1.29, 1.82) is 0 Å². The van der Waals surface area contributed by atoms with Crippen LogP contribution in [0.2, 0.25) is 0 Å². The van der Waals surface area contributed by atoms with Gasteiger partial charge in [0.05, 0.1) is 17.8 Å². The summed E-state index contributed by atoms with van der Waals surface area (Å²) in [6, 6.07) is 6.15. The molecule has 1 aromatic heterocycles. The molecule has 0 amide bonds. The average molecular weight is 313 g/mol. The summed E-state index contributed by atoms with van der Waals surface area (Å²) < 4.78 is 5.18. The highest BCUT2D eigenvalue weighted by Crippen LogP contribution is 2.22. The standard InChI is InChI=1S/C13H13BrO4/c14-5-3-11(16)13(17)8-1-2-12-9(7-8)10(15)4-6-18-12/h1-2,4,6-7,11,13,16-17H,3,5H2. The maximum absolute atomic E-state index is 11.6. The Bertz CT molecular complexity index is 593. The second kappa shape index (κ2) is 5.65. The molecule has 18 heavy (non-hydrogen) atoms. The van der Waals surface area contributed by atoms with Crippen molar-refractivity contribution in [3.63, 3.8) is 0 Å². The van der Waals surface area contributed by atoms with Crippen LogP contribution in [0.25, 0.3) is 11.0 Å². The lowest BCUT2D eigenvalue weighted by molar-refractivity contribution is 0.0174. The van der Waals surface area contributed by atoms with Crippen molar-refractivity contribution in [3.8, 4) is 0 Å². The van der Waals surface area contributed by atoms with E-state index >= 15 is 0 Å². The minimum absolute atomic E-state index is 0.166. The van der Waals surface area contributed by atoms with Gasteiger partial charge in [-0.25, -0.2) is 0 Å². The number of aliphatic hydroxyl groups is 2. The lowest BCUT2D eigenvalue weighted by Gasteiger charge is -2.17. The number of rotatable bonds is 4. The quantitative estimate of drug-likeness (QED) is 0.847. The fraction of sp³-hybridized carbons (Fsp3) is 0.308. The highest BCUT2D eigenvalue weighted by molar-refractivity contribution is 9.09. The van der Waals surface area contributed by atoms with Gasteiger partial charge < -0.3 is 14.6 Å². The van der Waals surface area contributed by atoms with Crippen LogP contribution in [0.15, 0.2) is 39.7 Å². The highest BCUT2D eigenvalue weighted by atomic mass is 79.9. The zero-order chi connectivity index (χ0) is 13.1. The Morgan fingerprint density at radius 2 is 2.06 bits per heavy atom. The number of aliphatic hydroxyl groups excluding tert-OH is 2. The third-order valence-corrected chi connectivity index (χ3v) is 3.25. The average Bonchev–Trinajstić information content (AvgIpc) is 2.38. The number of hydrogen-bond donors (Lipinski definition) is 2. The van der Waals surface area contributed by atoms with Crippen molar-refractivity contribution in [3.05, 3.63) is 46.3 Å². The van der Waals surface area contributed by atoms with Crippen LogP contribution in [0.1, 0.15) is 18.1 Å². The van der Waals surface area contributed by atoms with Gasteiger partial charge in [0.2, 0.25) is 0 Å².